The minimum Gasteiger partial charge on any atom is -0.477 e. The summed E-state index contributed by atoms with van der Waals surface area (Å²) in [7, 11) is -0.774. The summed E-state index contributed by atoms with van der Waals surface area (Å²) in [5, 5.41) is 9.79. The number of benzene rings is 1. The van der Waals surface area contributed by atoms with Crippen LogP contribution < -0.4 is 0 Å². The zero-order chi connectivity index (χ0) is 16.2. The molecule has 1 aliphatic heterocycles. The molecular formula is C18H20N2O2S. The number of carboxylic acid groups (broad SMARTS) is 1. The summed E-state index contributed by atoms with van der Waals surface area (Å²) in [6.45, 7) is 2.91. The molecule has 1 aromatic carbocycles. The number of aliphatic carboxylic acids is 1. The SMILES string of the molecule is CC1C(Cn2ccnc2)=CC=C(C(=O)O)[SH]1Cc1ccccc1. The molecule has 120 valence electrons. The monoisotopic (exact) mass is 328 g/mol. The van der Waals surface area contributed by atoms with Gasteiger partial charge in [-0.3, -0.25) is 0 Å². The van der Waals surface area contributed by atoms with Crippen LogP contribution in [0.4, 0.5) is 0 Å². The number of nitrogens with zero attached hydrogens (tertiary/aromatic N) is 2. The maximum atomic E-state index is 11.6. The van der Waals surface area contributed by atoms with Crippen molar-refractivity contribution in [2.45, 2.75) is 24.5 Å². The first kappa shape index (κ1) is 15.6. The molecule has 2 atom stereocenters. The Morgan fingerprint density at radius 2 is 2.09 bits per heavy atom. The van der Waals surface area contributed by atoms with Crippen molar-refractivity contribution in [2.75, 3.05) is 0 Å². The van der Waals surface area contributed by atoms with Gasteiger partial charge in [0.15, 0.2) is 0 Å². The van der Waals surface area contributed by atoms with Crippen LogP contribution in [0.5, 0.6) is 0 Å². The third-order valence-electron chi connectivity index (χ3n) is 4.11. The van der Waals surface area contributed by atoms with E-state index in [1.165, 1.54) is 11.1 Å². The number of thiol groups is 1. The molecular weight excluding hydrogens is 308 g/mol. The zero-order valence-electron chi connectivity index (χ0n) is 13.0. The van der Waals surface area contributed by atoms with Gasteiger partial charge in [-0.15, -0.1) is 0 Å². The molecule has 0 amide bonds. The second-order valence-corrected chi connectivity index (χ2v) is 8.14. The van der Waals surface area contributed by atoms with E-state index in [4.69, 9.17) is 0 Å². The fraction of sp³-hybridized carbons (Fsp3) is 0.222. The van der Waals surface area contributed by atoms with Gasteiger partial charge in [-0.25, -0.2) is 20.7 Å². The maximum absolute atomic E-state index is 11.6. The van der Waals surface area contributed by atoms with Crippen LogP contribution in [0.2, 0.25) is 0 Å². The van der Waals surface area contributed by atoms with Crippen LogP contribution in [0.25, 0.3) is 0 Å². The molecule has 0 aliphatic carbocycles. The van der Waals surface area contributed by atoms with Gasteiger partial charge in [0.2, 0.25) is 0 Å². The van der Waals surface area contributed by atoms with Gasteiger partial charge in [-0.05, 0) is 17.2 Å². The van der Waals surface area contributed by atoms with Gasteiger partial charge in [0.1, 0.15) is 0 Å². The van der Waals surface area contributed by atoms with Gasteiger partial charge in [0.05, 0.1) is 11.2 Å². The predicted molar refractivity (Wildman–Crippen MR) is 94.6 cm³/mol. The molecule has 1 aromatic heterocycles. The van der Waals surface area contributed by atoms with E-state index in [9.17, 15) is 9.90 Å². The second-order valence-electron chi connectivity index (χ2n) is 5.62. The standard InChI is InChI=1S/C18H20N2O2S/c1-14-16(11-20-10-9-19-13-20)7-8-17(18(21)22)23(14)12-15-5-3-2-4-6-15/h2-10,13-14,23H,11-12H2,1H3,(H,21,22). The van der Waals surface area contributed by atoms with E-state index in [-0.39, 0.29) is 5.25 Å². The van der Waals surface area contributed by atoms with Crippen molar-refractivity contribution in [3.63, 3.8) is 0 Å². The number of carboxylic acids is 1. The molecule has 2 heterocycles. The van der Waals surface area contributed by atoms with Crippen molar-refractivity contribution in [3.8, 4) is 0 Å². The van der Waals surface area contributed by atoms with Crippen LogP contribution in [0.1, 0.15) is 12.5 Å². The number of carbonyl (C=O) groups is 1. The number of hydrogen-bond donors (Lipinski definition) is 2. The molecule has 0 spiro atoms. The first-order chi connectivity index (χ1) is 11.1. The Hall–Kier alpha value is -2.27. The fourth-order valence-corrected chi connectivity index (χ4v) is 5.35. The Morgan fingerprint density at radius 1 is 1.30 bits per heavy atom. The summed E-state index contributed by atoms with van der Waals surface area (Å²) < 4.78 is 2.03. The van der Waals surface area contributed by atoms with Crippen LogP contribution in [0.15, 0.2) is 71.7 Å². The minimum atomic E-state index is -0.795. The molecule has 1 N–H and O–H groups in total. The maximum Gasteiger partial charge on any atom is 0.340 e. The van der Waals surface area contributed by atoms with Crippen molar-refractivity contribution in [3.05, 3.63) is 77.2 Å². The van der Waals surface area contributed by atoms with Gasteiger partial charge in [-0.2, -0.15) is 0 Å². The normalized spacial score (nSPS) is 22.3. The molecule has 1 aliphatic rings. The van der Waals surface area contributed by atoms with E-state index < -0.39 is 16.9 Å². The third kappa shape index (κ3) is 3.56. The molecule has 0 radical (unpaired) electrons. The molecule has 0 saturated carbocycles. The Balaban J connectivity index is 1.86. The van der Waals surface area contributed by atoms with Crippen molar-refractivity contribution in [1.82, 2.24) is 9.55 Å². The highest BCUT2D eigenvalue weighted by Crippen LogP contribution is 2.48. The van der Waals surface area contributed by atoms with Crippen LogP contribution in [-0.2, 0) is 17.1 Å². The van der Waals surface area contributed by atoms with E-state index in [2.05, 4.69) is 24.0 Å². The number of hydrogen-bond acceptors (Lipinski definition) is 2. The summed E-state index contributed by atoms with van der Waals surface area (Å²) in [5.41, 5.74) is 2.46. The van der Waals surface area contributed by atoms with Gasteiger partial charge in [0, 0.05) is 29.9 Å². The van der Waals surface area contributed by atoms with Crippen LogP contribution in [0, 0.1) is 0 Å². The van der Waals surface area contributed by atoms with E-state index in [0.717, 1.165) is 12.3 Å². The van der Waals surface area contributed by atoms with Gasteiger partial charge in [0.25, 0.3) is 0 Å². The molecule has 23 heavy (non-hydrogen) atoms. The highest BCUT2D eigenvalue weighted by atomic mass is 32.2. The van der Waals surface area contributed by atoms with E-state index in [1.54, 1.807) is 18.6 Å². The highest BCUT2D eigenvalue weighted by Gasteiger charge is 2.27. The molecule has 0 fully saturated rings. The lowest BCUT2D eigenvalue weighted by Crippen LogP contribution is -2.20. The fourth-order valence-electron chi connectivity index (χ4n) is 2.80. The Morgan fingerprint density at radius 3 is 2.74 bits per heavy atom. The van der Waals surface area contributed by atoms with E-state index in [1.807, 2.05) is 35.0 Å². The summed E-state index contributed by atoms with van der Waals surface area (Å²) >= 11 is 0. The average Bonchev–Trinajstić information content (AvgIpc) is 3.05. The third-order valence-corrected chi connectivity index (χ3v) is 7.04. The average molecular weight is 328 g/mol. The molecule has 3 rings (SSSR count). The smallest absolute Gasteiger partial charge is 0.340 e. The predicted octanol–water partition coefficient (Wildman–Crippen LogP) is 3.38. The molecule has 4 nitrogen and oxygen atoms in total. The molecule has 0 saturated heterocycles. The Labute approximate surface area is 138 Å². The second kappa shape index (κ2) is 6.87. The summed E-state index contributed by atoms with van der Waals surface area (Å²) in [5.74, 6) is 0.00772. The topological polar surface area (TPSA) is 55.1 Å². The number of rotatable bonds is 5. The molecule has 2 aromatic rings. The largest absolute Gasteiger partial charge is 0.477 e. The number of allylic oxidation sites excluding steroid dienone is 2. The molecule has 0 bridgehead atoms. The molecule has 5 heteroatoms. The number of aromatic nitrogens is 2. The lowest BCUT2D eigenvalue weighted by Gasteiger charge is -2.34. The quantitative estimate of drug-likeness (QED) is 0.827. The van der Waals surface area contributed by atoms with Gasteiger partial charge >= 0.3 is 5.97 Å². The van der Waals surface area contributed by atoms with Crippen molar-refractivity contribution >= 4 is 16.9 Å². The first-order valence-electron chi connectivity index (χ1n) is 7.55. The van der Waals surface area contributed by atoms with Crippen LogP contribution >= 0.6 is 10.9 Å². The summed E-state index contributed by atoms with van der Waals surface area (Å²) in [4.78, 5) is 16.3. The van der Waals surface area contributed by atoms with Gasteiger partial charge in [-0.1, -0.05) is 43.3 Å². The summed E-state index contributed by atoms with van der Waals surface area (Å²) in [6, 6.07) is 10.1. The van der Waals surface area contributed by atoms with E-state index >= 15 is 0 Å². The van der Waals surface area contributed by atoms with Gasteiger partial charge < -0.3 is 9.67 Å². The summed E-state index contributed by atoms with van der Waals surface area (Å²) in [6.07, 6.45) is 9.26. The van der Waals surface area contributed by atoms with Crippen molar-refractivity contribution in [2.24, 2.45) is 0 Å². The first-order valence-corrected chi connectivity index (χ1v) is 9.15. The van der Waals surface area contributed by atoms with Crippen LogP contribution in [-0.4, -0.2) is 25.9 Å². The lowest BCUT2D eigenvalue weighted by molar-refractivity contribution is -0.131. The Kier molecular flexibility index (Phi) is 4.67. The van der Waals surface area contributed by atoms with Crippen molar-refractivity contribution in [1.29, 1.82) is 0 Å². The number of imidazole rings is 1. The van der Waals surface area contributed by atoms with E-state index in [0.29, 0.717) is 4.91 Å². The minimum absolute atomic E-state index is 0.240. The Bertz CT molecular complexity index is 736. The molecule has 2 unspecified atom stereocenters. The van der Waals surface area contributed by atoms with Crippen LogP contribution in [0.3, 0.4) is 0 Å². The highest BCUT2D eigenvalue weighted by molar-refractivity contribution is 8.21. The zero-order valence-corrected chi connectivity index (χ0v) is 13.9. The lowest BCUT2D eigenvalue weighted by atomic mass is 10.1. The van der Waals surface area contributed by atoms with Crippen molar-refractivity contribution < 1.29 is 9.90 Å².